The van der Waals surface area contributed by atoms with Gasteiger partial charge in [-0.3, -0.25) is 4.90 Å². The Morgan fingerprint density at radius 2 is 1.78 bits per heavy atom. The van der Waals surface area contributed by atoms with E-state index in [0.29, 0.717) is 5.41 Å². The van der Waals surface area contributed by atoms with Gasteiger partial charge in [-0.05, 0) is 57.0 Å². The average Bonchev–Trinajstić information content (AvgIpc) is 2.45. The van der Waals surface area contributed by atoms with Crippen molar-refractivity contribution in [3.63, 3.8) is 0 Å². The highest BCUT2D eigenvalue weighted by Gasteiger charge is 2.37. The van der Waals surface area contributed by atoms with Crippen LogP contribution in [-0.4, -0.2) is 30.6 Å². The van der Waals surface area contributed by atoms with Crippen molar-refractivity contribution in [2.24, 2.45) is 17.1 Å². The van der Waals surface area contributed by atoms with E-state index in [1.807, 2.05) is 0 Å². The summed E-state index contributed by atoms with van der Waals surface area (Å²) in [6.07, 6.45) is 7.83. The molecule has 1 unspecified atom stereocenters. The van der Waals surface area contributed by atoms with Crippen molar-refractivity contribution in [2.45, 2.75) is 71.8 Å². The van der Waals surface area contributed by atoms with E-state index in [1.165, 1.54) is 45.1 Å². The Labute approximate surface area is 114 Å². The van der Waals surface area contributed by atoms with Gasteiger partial charge in [0, 0.05) is 12.1 Å². The first-order chi connectivity index (χ1) is 8.31. The molecule has 0 saturated heterocycles. The lowest BCUT2D eigenvalue weighted by molar-refractivity contribution is 0.0983. The topological polar surface area (TPSA) is 29.3 Å². The summed E-state index contributed by atoms with van der Waals surface area (Å²) in [5, 5.41) is 0. The van der Waals surface area contributed by atoms with Crippen molar-refractivity contribution in [2.75, 3.05) is 20.1 Å². The normalized spacial score (nSPS) is 28.7. The molecule has 2 nitrogen and oxygen atoms in total. The molecule has 18 heavy (non-hydrogen) atoms. The van der Waals surface area contributed by atoms with E-state index in [0.717, 1.165) is 12.5 Å². The second-order valence-corrected chi connectivity index (χ2v) is 7.55. The van der Waals surface area contributed by atoms with Gasteiger partial charge in [0.1, 0.15) is 0 Å². The molecule has 2 heteroatoms. The Hall–Kier alpha value is -0.0800. The summed E-state index contributed by atoms with van der Waals surface area (Å²) in [6, 6.07) is 0. The molecule has 0 radical (unpaired) electrons. The van der Waals surface area contributed by atoms with Gasteiger partial charge >= 0.3 is 0 Å². The molecule has 0 aliphatic heterocycles. The standard InChI is InChI=1S/C16H34N2/c1-14(2)7-12-18(5)16(13-17)9-6-8-15(3,4)10-11-16/h14H,6-13,17H2,1-5H3. The van der Waals surface area contributed by atoms with Crippen LogP contribution in [0.4, 0.5) is 0 Å². The van der Waals surface area contributed by atoms with Crippen molar-refractivity contribution in [1.82, 2.24) is 4.90 Å². The van der Waals surface area contributed by atoms with Gasteiger partial charge in [-0.25, -0.2) is 0 Å². The minimum Gasteiger partial charge on any atom is -0.329 e. The van der Waals surface area contributed by atoms with Crippen LogP contribution in [0.15, 0.2) is 0 Å². The number of nitrogens with zero attached hydrogens (tertiary/aromatic N) is 1. The first kappa shape index (κ1) is 16.0. The minimum atomic E-state index is 0.267. The lowest BCUT2D eigenvalue weighted by atomic mass is 9.83. The lowest BCUT2D eigenvalue weighted by Gasteiger charge is -2.41. The van der Waals surface area contributed by atoms with Crippen molar-refractivity contribution in [1.29, 1.82) is 0 Å². The Bertz CT molecular complexity index is 247. The Morgan fingerprint density at radius 1 is 1.11 bits per heavy atom. The lowest BCUT2D eigenvalue weighted by Crippen LogP contribution is -2.52. The Morgan fingerprint density at radius 3 is 2.33 bits per heavy atom. The zero-order valence-electron chi connectivity index (χ0n) is 13.3. The summed E-state index contributed by atoms with van der Waals surface area (Å²) >= 11 is 0. The van der Waals surface area contributed by atoms with Gasteiger partial charge in [-0.1, -0.05) is 34.1 Å². The number of rotatable bonds is 5. The second-order valence-electron chi connectivity index (χ2n) is 7.55. The van der Waals surface area contributed by atoms with Crippen LogP contribution >= 0.6 is 0 Å². The molecule has 1 saturated carbocycles. The van der Waals surface area contributed by atoms with Gasteiger partial charge in [0.05, 0.1) is 0 Å². The van der Waals surface area contributed by atoms with E-state index in [1.54, 1.807) is 0 Å². The van der Waals surface area contributed by atoms with E-state index >= 15 is 0 Å². The Balaban J connectivity index is 2.66. The van der Waals surface area contributed by atoms with E-state index in [-0.39, 0.29) is 5.54 Å². The van der Waals surface area contributed by atoms with Crippen LogP contribution in [0.5, 0.6) is 0 Å². The molecule has 108 valence electrons. The fourth-order valence-corrected chi connectivity index (χ4v) is 3.15. The minimum absolute atomic E-state index is 0.267. The van der Waals surface area contributed by atoms with Crippen LogP contribution in [0.3, 0.4) is 0 Å². The monoisotopic (exact) mass is 254 g/mol. The zero-order chi connectivity index (χ0) is 13.8. The number of nitrogens with two attached hydrogens (primary N) is 1. The molecule has 1 fully saturated rings. The van der Waals surface area contributed by atoms with Gasteiger partial charge in [0.25, 0.3) is 0 Å². The van der Waals surface area contributed by atoms with E-state index in [9.17, 15) is 0 Å². The maximum atomic E-state index is 6.16. The first-order valence-electron chi connectivity index (χ1n) is 7.73. The highest BCUT2D eigenvalue weighted by Crippen LogP contribution is 2.40. The second kappa shape index (κ2) is 6.38. The Kier molecular flexibility index (Phi) is 5.67. The van der Waals surface area contributed by atoms with Gasteiger partial charge < -0.3 is 5.73 Å². The molecule has 0 amide bonds. The summed E-state index contributed by atoms with van der Waals surface area (Å²) in [6.45, 7) is 11.4. The predicted octanol–water partition coefficient (Wildman–Crippen LogP) is 3.65. The third-order valence-corrected chi connectivity index (χ3v) is 4.99. The van der Waals surface area contributed by atoms with Crippen LogP contribution < -0.4 is 5.73 Å². The molecule has 1 atom stereocenters. The number of likely N-dealkylation sites (N-methyl/N-ethyl adjacent to an activating group) is 1. The summed E-state index contributed by atoms with van der Waals surface area (Å²) in [4.78, 5) is 2.56. The van der Waals surface area contributed by atoms with Crippen molar-refractivity contribution < 1.29 is 0 Å². The van der Waals surface area contributed by atoms with Crippen molar-refractivity contribution >= 4 is 0 Å². The van der Waals surface area contributed by atoms with E-state index < -0.39 is 0 Å². The maximum absolute atomic E-state index is 6.16. The van der Waals surface area contributed by atoms with Crippen LogP contribution in [-0.2, 0) is 0 Å². The molecule has 1 rings (SSSR count). The number of hydrogen-bond donors (Lipinski definition) is 1. The van der Waals surface area contributed by atoms with Gasteiger partial charge in [0.15, 0.2) is 0 Å². The summed E-state index contributed by atoms with van der Waals surface area (Å²) in [7, 11) is 2.29. The van der Waals surface area contributed by atoms with Crippen molar-refractivity contribution in [3.8, 4) is 0 Å². The van der Waals surface area contributed by atoms with Crippen LogP contribution in [0.2, 0.25) is 0 Å². The van der Waals surface area contributed by atoms with Crippen molar-refractivity contribution in [3.05, 3.63) is 0 Å². The largest absolute Gasteiger partial charge is 0.329 e. The smallest absolute Gasteiger partial charge is 0.0328 e. The third-order valence-electron chi connectivity index (χ3n) is 4.99. The molecule has 0 aromatic carbocycles. The molecular weight excluding hydrogens is 220 g/mol. The average molecular weight is 254 g/mol. The quantitative estimate of drug-likeness (QED) is 0.759. The fourth-order valence-electron chi connectivity index (χ4n) is 3.15. The molecule has 1 aliphatic rings. The molecule has 0 bridgehead atoms. The molecule has 1 aliphatic carbocycles. The fraction of sp³-hybridized carbons (Fsp3) is 1.00. The summed E-state index contributed by atoms with van der Waals surface area (Å²) < 4.78 is 0. The molecule has 0 aromatic rings. The number of hydrogen-bond acceptors (Lipinski definition) is 2. The van der Waals surface area contributed by atoms with Crippen LogP contribution in [0.25, 0.3) is 0 Å². The van der Waals surface area contributed by atoms with Gasteiger partial charge in [0.2, 0.25) is 0 Å². The third kappa shape index (κ3) is 4.24. The molecular formula is C16H34N2. The highest BCUT2D eigenvalue weighted by atomic mass is 15.2. The predicted molar refractivity (Wildman–Crippen MR) is 80.7 cm³/mol. The van der Waals surface area contributed by atoms with Gasteiger partial charge in [-0.2, -0.15) is 0 Å². The summed E-state index contributed by atoms with van der Waals surface area (Å²) in [5.74, 6) is 0.782. The molecule has 0 aromatic heterocycles. The van der Waals surface area contributed by atoms with E-state index in [2.05, 4.69) is 39.6 Å². The molecule has 2 N–H and O–H groups in total. The van der Waals surface area contributed by atoms with Gasteiger partial charge in [-0.15, -0.1) is 0 Å². The SMILES string of the molecule is CC(C)CCN(C)C1(CN)CCCC(C)(C)CC1. The highest BCUT2D eigenvalue weighted by molar-refractivity contribution is 4.94. The zero-order valence-corrected chi connectivity index (χ0v) is 13.3. The summed E-state index contributed by atoms with van der Waals surface area (Å²) in [5.41, 5.74) is 6.94. The van der Waals surface area contributed by atoms with Crippen LogP contribution in [0.1, 0.15) is 66.2 Å². The first-order valence-corrected chi connectivity index (χ1v) is 7.73. The molecule has 0 spiro atoms. The maximum Gasteiger partial charge on any atom is 0.0328 e. The molecule has 0 heterocycles. The van der Waals surface area contributed by atoms with E-state index in [4.69, 9.17) is 5.73 Å². The van der Waals surface area contributed by atoms with Crippen LogP contribution in [0, 0.1) is 11.3 Å².